The lowest BCUT2D eigenvalue weighted by Crippen LogP contribution is -2.53. The number of carbonyl (C=O) groups is 5. The van der Waals surface area contributed by atoms with E-state index in [0.29, 0.717) is 16.8 Å². The zero-order valence-corrected chi connectivity index (χ0v) is 27.0. The van der Waals surface area contributed by atoms with Crippen LogP contribution in [0.4, 0.5) is 11.4 Å². The summed E-state index contributed by atoms with van der Waals surface area (Å²) in [5, 5.41) is 21.0. The summed E-state index contributed by atoms with van der Waals surface area (Å²) in [5.74, 6) is -6.64. The molecule has 4 aromatic rings. The molecule has 6 unspecified atom stereocenters. The van der Waals surface area contributed by atoms with E-state index in [1.807, 2.05) is 55.5 Å². The zero-order chi connectivity index (χ0) is 34.9. The molecule has 4 aromatic carbocycles. The van der Waals surface area contributed by atoms with Crippen molar-refractivity contribution in [3.8, 4) is 5.75 Å². The highest BCUT2D eigenvalue weighted by atomic mass is 16.4. The Morgan fingerprint density at radius 3 is 2.24 bits per heavy atom. The summed E-state index contributed by atoms with van der Waals surface area (Å²) in [7, 11) is 0. The lowest BCUT2D eigenvalue weighted by molar-refractivity contribution is -0.138. The maximum atomic E-state index is 15.1. The zero-order valence-electron chi connectivity index (χ0n) is 27.0. The molecule has 2 aliphatic heterocycles. The van der Waals surface area contributed by atoms with E-state index in [1.165, 1.54) is 18.2 Å². The summed E-state index contributed by atoms with van der Waals surface area (Å²) >= 11 is 0. The summed E-state index contributed by atoms with van der Waals surface area (Å²) in [6.07, 6.45) is 2.32. The van der Waals surface area contributed by atoms with E-state index < -0.39 is 64.6 Å². The molecule has 50 heavy (non-hydrogen) atoms. The average molecular weight is 668 g/mol. The summed E-state index contributed by atoms with van der Waals surface area (Å²) in [5.41, 5.74) is 5.51. The number of hydrogen-bond donors (Lipinski definition) is 3. The Morgan fingerprint density at radius 2 is 1.54 bits per heavy atom. The summed E-state index contributed by atoms with van der Waals surface area (Å²) < 4.78 is 0. The first-order chi connectivity index (χ1) is 24.1. The van der Waals surface area contributed by atoms with Crippen LogP contribution in [0.2, 0.25) is 0 Å². The molecule has 6 atom stereocenters. The predicted octanol–water partition coefficient (Wildman–Crippen LogP) is 5.59. The Bertz CT molecular complexity index is 2110. The van der Waals surface area contributed by atoms with Gasteiger partial charge in [0, 0.05) is 5.92 Å². The lowest BCUT2D eigenvalue weighted by atomic mass is 9.49. The van der Waals surface area contributed by atoms with E-state index in [1.54, 1.807) is 42.5 Å². The van der Waals surface area contributed by atoms with E-state index >= 15 is 4.79 Å². The number of aromatic carboxylic acids is 1. The number of benzene rings is 4. The molecule has 10 heteroatoms. The van der Waals surface area contributed by atoms with Crippen molar-refractivity contribution < 1.29 is 34.2 Å². The molecule has 2 saturated heterocycles. The molecule has 250 valence electrons. The van der Waals surface area contributed by atoms with Crippen LogP contribution in [0, 0.1) is 30.6 Å². The number of nitrogens with zero attached hydrogens (tertiary/aromatic N) is 2. The normalized spacial score (nSPS) is 27.1. The van der Waals surface area contributed by atoms with E-state index in [2.05, 4.69) is 5.43 Å². The average Bonchev–Trinajstić information content (AvgIpc) is 3.51. The molecular weight excluding hydrogens is 634 g/mol. The molecule has 3 N–H and O–H groups in total. The smallest absolute Gasteiger partial charge is 0.335 e. The summed E-state index contributed by atoms with van der Waals surface area (Å²) in [6, 6.07) is 28.9. The Morgan fingerprint density at radius 1 is 0.820 bits per heavy atom. The van der Waals surface area contributed by atoms with Gasteiger partial charge in [-0.3, -0.25) is 29.5 Å². The minimum absolute atomic E-state index is 0.0383. The van der Waals surface area contributed by atoms with Crippen LogP contribution in [0.15, 0.2) is 115 Å². The van der Waals surface area contributed by atoms with Crippen molar-refractivity contribution in [2.75, 3.05) is 10.3 Å². The highest BCUT2D eigenvalue weighted by Crippen LogP contribution is 2.64. The minimum Gasteiger partial charge on any atom is -0.508 e. The molecule has 8 rings (SSSR count). The first-order valence-electron chi connectivity index (χ1n) is 16.6. The molecular formula is C40H33N3O7. The molecule has 4 aliphatic rings. The highest BCUT2D eigenvalue weighted by molar-refractivity contribution is 6.23. The summed E-state index contributed by atoms with van der Waals surface area (Å²) in [6.45, 7) is 1.94. The molecule has 4 amide bonds. The largest absolute Gasteiger partial charge is 0.508 e. The van der Waals surface area contributed by atoms with Crippen molar-refractivity contribution in [2.24, 2.45) is 23.7 Å². The number of hydrogen-bond acceptors (Lipinski definition) is 7. The fourth-order valence-corrected chi connectivity index (χ4v) is 8.82. The van der Waals surface area contributed by atoms with Gasteiger partial charge in [0.25, 0.3) is 11.8 Å². The molecule has 1 saturated carbocycles. The number of aryl methyl sites for hydroxylation is 1. The van der Waals surface area contributed by atoms with Gasteiger partial charge in [0.15, 0.2) is 0 Å². The number of aromatic hydroxyl groups is 1. The van der Waals surface area contributed by atoms with Crippen LogP contribution in [-0.4, -0.2) is 44.8 Å². The number of phenolic OH excluding ortho intramolecular Hbond substituents is 1. The number of nitrogens with one attached hydrogen (secondary N) is 1. The number of fused-ring (bicyclic) bond motifs is 4. The number of amides is 4. The van der Waals surface area contributed by atoms with Crippen LogP contribution < -0.4 is 10.3 Å². The number of hydrazine groups is 1. The lowest BCUT2D eigenvalue weighted by Gasteiger charge is -2.50. The van der Waals surface area contributed by atoms with Crippen LogP contribution in [0.5, 0.6) is 5.75 Å². The topological polar surface area (TPSA) is 144 Å². The third-order valence-corrected chi connectivity index (χ3v) is 11.0. The first-order valence-corrected chi connectivity index (χ1v) is 16.6. The molecule has 0 aromatic heterocycles. The van der Waals surface area contributed by atoms with Gasteiger partial charge in [0.1, 0.15) is 5.75 Å². The molecule has 3 fully saturated rings. The fourth-order valence-electron chi connectivity index (χ4n) is 8.82. The number of anilines is 2. The number of carboxylic acids is 1. The number of imide groups is 2. The van der Waals surface area contributed by atoms with Gasteiger partial charge in [-0.25, -0.2) is 4.79 Å². The second-order valence-corrected chi connectivity index (χ2v) is 13.6. The third kappa shape index (κ3) is 4.51. The van der Waals surface area contributed by atoms with Crippen LogP contribution in [-0.2, 0) is 24.6 Å². The Labute approximate surface area is 287 Å². The van der Waals surface area contributed by atoms with Gasteiger partial charge >= 0.3 is 5.97 Å². The quantitative estimate of drug-likeness (QED) is 0.178. The van der Waals surface area contributed by atoms with Crippen molar-refractivity contribution in [3.05, 3.63) is 137 Å². The van der Waals surface area contributed by atoms with Crippen LogP contribution in [0.1, 0.15) is 45.8 Å². The second kappa shape index (κ2) is 11.5. The number of carboxylic acid groups (broad SMARTS) is 1. The third-order valence-electron chi connectivity index (χ3n) is 11.0. The van der Waals surface area contributed by atoms with E-state index in [9.17, 15) is 29.4 Å². The molecule has 0 radical (unpaired) electrons. The number of phenols is 1. The second-order valence-electron chi connectivity index (χ2n) is 13.6. The fraction of sp³-hybridized carbons (Fsp3) is 0.225. The number of carbonyl (C=O) groups excluding carboxylic acids is 4. The van der Waals surface area contributed by atoms with E-state index in [0.717, 1.165) is 21.0 Å². The van der Waals surface area contributed by atoms with Gasteiger partial charge in [-0.2, -0.15) is 5.01 Å². The predicted molar refractivity (Wildman–Crippen MR) is 183 cm³/mol. The maximum absolute atomic E-state index is 15.1. The van der Waals surface area contributed by atoms with Crippen molar-refractivity contribution in [3.63, 3.8) is 0 Å². The van der Waals surface area contributed by atoms with Gasteiger partial charge in [0.05, 0.1) is 40.1 Å². The van der Waals surface area contributed by atoms with Crippen LogP contribution >= 0.6 is 0 Å². The van der Waals surface area contributed by atoms with Crippen LogP contribution in [0.3, 0.4) is 0 Å². The van der Waals surface area contributed by atoms with Gasteiger partial charge in [0.2, 0.25) is 11.8 Å². The standard InChI is InChI=1S/C40H33N3O7/c1-22-10-14-26(15-11-22)41-43-36(46)32-21-31-29(18-19-30-33(31)37(47)42(35(30)45)27-9-5-6-24(20-27)38(48)49)34(23-12-16-28(44)17-13-23)40(32,39(43)50)25-7-3-2-4-8-25/h2-18,20,30-34,41,44H,19,21H2,1H3,(H,48,49). The minimum atomic E-state index is -1.41. The molecule has 10 nitrogen and oxygen atoms in total. The van der Waals surface area contributed by atoms with Gasteiger partial charge in [-0.05, 0) is 79.3 Å². The highest BCUT2D eigenvalue weighted by Gasteiger charge is 2.70. The molecule has 2 heterocycles. The summed E-state index contributed by atoms with van der Waals surface area (Å²) in [4.78, 5) is 71.0. The van der Waals surface area contributed by atoms with E-state index in [-0.39, 0.29) is 29.8 Å². The Kier molecular flexibility index (Phi) is 7.22. The van der Waals surface area contributed by atoms with Crippen molar-refractivity contribution >= 4 is 41.0 Å². The molecule has 0 spiro atoms. The van der Waals surface area contributed by atoms with Crippen molar-refractivity contribution in [1.29, 1.82) is 0 Å². The molecule has 2 aliphatic carbocycles. The Balaban J connectivity index is 1.29. The van der Waals surface area contributed by atoms with Gasteiger partial charge in [-0.15, -0.1) is 0 Å². The number of allylic oxidation sites excluding steroid dienone is 2. The monoisotopic (exact) mass is 667 g/mol. The molecule has 0 bridgehead atoms. The van der Waals surface area contributed by atoms with Crippen molar-refractivity contribution in [2.45, 2.75) is 31.1 Å². The number of rotatable bonds is 6. The SMILES string of the molecule is Cc1ccc(NN2C(=O)C3CC4C(=CCC5C(=O)N(c6cccc(C(=O)O)c6)C(=O)C54)C(c4ccc(O)cc4)C3(c3ccccc3)C2=O)cc1. The van der Waals surface area contributed by atoms with E-state index in [4.69, 9.17) is 0 Å². The van der Waals surface area contributed by atoms with Crippen molar-refractivity contribution in [1.82, 2.24) is 5.01 Å². The van der Waals surface area contributed by atoms with Gasteiger partial charge < -0.3 is 10.2 Å². The van der Waals surface area contributed by atoms with Gasteiger partial charge in [-0.1, -0.05) is 77.9 Å². The Hall–Kier alpha value is -6.03. The first kappa shape index (κ1) is 31.3. The van der Waals surface area contributed by atoms with Crippen LogP contribution in [0.25, 0.3) is 0 Å². The maximum Gasteiger partial charge on any atom is 0.335 e.